The number of carbonyl (C=O) groups is 1. The van der Waals surface area contributed by atoms with Gasteiger partial charge in [0, 0.05) is 24.9 Å². The lowest BCUT2D eigenvalue weighted by Gasteiger charge is -2.31. The van der Waals surface area contributed by atoms with E-state index in [1.807, 2.05) is 12.1 Å². The number of amides is 1. The number of nitrogens with one attached hydrogen (secondary N) is 2. The lowest BCUT2D eigenvalue weighted by atomic mass is 9.95. The summed E-state index contributed by atoms with van der Waals surface area (Å²) in [5, 5.41) is 9.75. The molecular weight excluding hydrogens is 334 g/mol. The molecule has 1 unspecified atom stereocenters. The van der Waals surface area contributed by atoms with Crippen LogP contribution in [-0.2, 0) is 24.3 Å². The molecule has 1 atom stereocenters. The molecule has 26 heavy (non-hydrogen) atoms. The second-order valence-electron chi connectivity index (χ2n) is 7.26. The zero-order chi connectivity index (χ0) is 17.9. The van der Waals surface area contributed by atoms with Crippen LogP contribution in [-0.4, -0.2) is 44.7 Å². The quantitative estimate of drug-likeness (QED) is 0.845. The largest absolute Gasteiger partial charge is 0.468 e. The lowest BCUT2D eigenvalue weighted by Crippen LogP contribution is -2.44. The molecule has 2 aromatic heterocycles. The van der Waals surface area contributed by atoms with Crippen molar-refractivity contribution in [2.45, 2.75) is 51.2 Å². The van der Waals surface area contributed by atoms with E-state index >= 15 is 0 Å². The molecule has 2 aromatic rings. The maximum Gasteiger partial charge on any atom is 0.343 e. The molecule has 0 saturated carbocycles. The molecule has 1 amide bonds. The maximum absolute atomic E-state index is 12.6. The van der Waals surface area contributed by atoms with E-state index in [2.05, 4.69) is 20.4 Å². The van der Waals surface area contributed by atoms with Crippen molar-refractivity contribution < 1.29 is 9.21 Å². The first-order chi connectivity index (χ1) is 12.7. The maximum atomic E-state index is 12.6. The van der Waals surface area contributed by atoms with Gasteiger partial charge >= 0.3 is 5.69 Å². The Morgan fingerprint density at radius 3 is 2.88 bits per heavy atom. The van der Waals surface area contributed by atoms with E-state index in [9.17, 15) is 9.59 Å². The zero-order valence-electron chi connectivity index (χ0n) is 14.8. The predicted octanol–water partition coefficient (Wildman–Crippen LogP) is 0.898. The van der Waals surface area contributed by atoms with Crippen LogP contribution in [0.5, 0.6) is 0 Å². The third-order valence-corrected chi connectivity index (χ3v) is 5.52. The Morgan fingerprint density at radius 1 is 1.27 bits per heavy atom. The Balaban J connectivity index is 1.25. The summed E-state index contributed by atoms with van der Waals surface area (Å²) in [6.45, 7) is 3.24. The van der Waals surface area contributed by atoms with Gasteiger partial charge < -0.3 is 9.73 Å². The van der Waals surface area contributed by atoms with Crippen molar-refractivity contribution in [2.75, 3.05) is 13.1 Å². The average Bonchev–Trinajstić information content (AvgIpc) is 3.22. The second-order valence-corrected chi connectivity index (χ2v) is 7.26. The number of fused-ring (bicyclic) bond motifs is 1. The van der Waals surface area contributed by atoms with Gasteiger partial charge in [-0.25, -0.2) is 9.89 Å². The normalized spacial score (nSPS) is 21.9. The number of H-pyrrole nitrogens is 1. The molecule has 0 radical (unpaired) electrons. The average molecular weight is 359 g/mol. The number of likely N-dealkylation sites (tertiary alicyclic amines) is 1. The Hall–Kier alpha value is -2.35. The van der Waals surface area contributed by atoms with Crippen molar-refractivity contribution in [3.05, 3.63) is 40.5 Å². The number of aromatic nitrogens is 3. The van der Waals surface area contributed by atoms with Gasteiger partial charge in [0.25, 0.3) is 0 Å². The first kappa shape index (κ1) is 17.1. The molecule has 1 saturated heterocycles. The van der Waals surface area contributed by atoms with E-state index in [1.54, 1.807) is 10.8 Å². The molecule has 4 rings (SSSR count). The lowest BCUT2D eigenvalue weighted by molar-refractivity contribution is -0.127. The van der Waals surface area contributed by atoms with Crippen molar-refractivity contribution in [3.63, 3.8) is 0 Å². The van der Waals surface area contributed by atoms with Gasteiger partial charge in [0.15, 0.2) is 0 Å². The molecule has 1 fully saturated rings. The Bertz CT molecular complexity index is 786. The number of rotatable bonds is 4. The molecule has 140 valence electrons. The van der Waals surface area contributed by atoms with Gasteiger partial charge in [-0.15, -0.1) is 0 Å². The highest BCUT2D eigenvalue weighted by molar-refractivity contribution is 5.79. The number of hydrogen-bond acceptors (Lipinski definition) is 5. The van der Waals surface area contributed by atoms with Gasteiger partial charge in [-0.1, -0.05) is 0 Å². The van der Waals surface area contributed by atoms with Gasteiger partial charge in [0.05, 0.1) is 12.8 Å². The van der Waals surface area contributed by atoms with Gasteiger partial charge in [0.1, 0.15) is 11.6 Å². The topological polar surface area (TPSA) is 96.2 Å². The van der Waals surface area contributed by atoms with Crippen LogP contribution in [0, 0.1) is 5.92 Å². The highest BCUT2D eigenvalue weighted by Gasteiger charge is 2.28. The van der Waals surface area contributed by atoms with Gasteiger partial charge in [0.2, 0.25) is 5.91 Å². The smallest absolute Gasteiger partial charge is 0.343 e. The number of aryl methyl sites for hydroxylation is 1. The molecule has 2 N–H and O–H groups in total. The van der Waals surface area contributed by atoms with Gasteiger partial charge in [-0.3, -0.25) is 14.3 Å². The first-order valence-electron chi connectivity index (χ1n) is 9.38. The summed E-state index contributed by atoms with van der Waals surface area (Å²) in [6.07, 6.45) is 5.76. The molecule has 8 nitrogen and oxygen atoms in total. The summed E-state index contributed by atoms with van der Waals surface area (Å²) in [5.41, 5.74) is -0.157. The summed E-state index contributed by atoms with van der Waals surface area (Å²) in [5.74, 6) is 1.99. The molecule has 2 aliphatic rings. The van der Waals surface area contributed by atoms with Crippen LogP contribution in [0.1, 0.15) is 37.3 Å². The van der Waals surface area contributed by atoms with Gasteiger partial charge in [-0.05, 0) is 50.9 Å². The molecule has 2 aliphatic heterocycles. The standard InChI is InChI=1S/C18H25N5O3/c24-17(13-5-8-22(9-6-13)12-15-2-1-11-26-15)19-14-3-4-16-20-21-18(25)23(16)10-7-14/h1-2,11,13-14H,3-10,12H2,(H,19,24)(H,21,25). The van der Waals surface area contributed by atoms with E-state index in [4.69, 9.17) is 4.42 Å². The van der Waals surface area contributed by atoms with Crippen LogP contribution >= 0.6 is 0 Å². The fraction of sp³-hybridized carbons (Fsp3) is 0.611. The number of carbonyl (C=O) groups excluding carboxylic acids is 1. The fourth-order valence-corrected chi connectivity index (χ4v) is 3.94. The minimum absolute atomic E-state index is 0.0755. The molecule has 8 heteroatoms. The third kappa shape index (κ3) is 3.75. The van der Waals surface area contributed by atoms with Crippen molar-refractivity contribution in [2.24, 2.45) is 5.92 Å². The molecular formula is C18H25N5O3. The van der Waals surface area contributed by atoms with E-state index in [0.717, 1.165) is 56.9 Å². The van der Waals surface area contributed by atoms with E-state index in [-0.39, 0.29) is 23.6 Å². The molecule has 0 aromatic carbocycles. The van der Waals surface area contributed by atoms with Crippen LogP contribution in [0.25, 0.3) is 0 Å². The molecule has 0 bridgehead atoms. The summed E-state index contributed by atoms with van der Waals surface area (Å²) in [6, 6.07) is 4.01. The van der Waals surface area contributed by atoms with Crippen LogP contribution in [0.2, 0.25) is 0 Å². The predicted molar refractivity (Wildman–Crippen MR) is 94.4 cm³/mol. The zero-order valence-corrected chi connectivity index (χ0v) is 14.8. The highest BCUT2D eigenvalue weighted by Crippen LogP contribution is 2.20. The highest BCUT2D eigenvalue weighted by atomic mass is 16.3. The van der Waals surface area contributed by atoms with E-state index in [1.165, 1.54) is 0 Å². The van der Waals surface area contributed by atoms with Crippen LogP contribution in [0.15, 0.2) is 27.6 Å². The summed E-state index contributed by atoms with van der Waals surface area (Å²) in [7, 11) is 0. The third-order valence-electron chi connectivity index (χ3n) is 5.52. The monoisotopic (exact) mass is 359 g/mol. The Labute approximate surface area is 151 Å². The number of piperidine rings is 1. The molecule has 0 spiro atoms. The molecule has 4 heterocycles. The Kier molecular flexibility index (Phi) is 4.92. The first-order valence-corrected chi connectivity index (χ1v) is 9.38. The fourth-order valence-electron chi connectivity index (χ4n) is 3.94. The minimum atomic E-state index is -0.157. The van der Waals surface area contributed by atoms with Crippen molar-refractivity contribution >= 4 is 5.91 Å². The number of aromatic amines is 1. The SMILES string of the molecule is O=C(NC1CCc2n[nH]c(=O)n2CC1)C1CCN(Cc2ccco2)CC1. The van der Waals surface area contributed by atoms with Crippen LogP contribution in [0.4, 0.5) is 0 Å². The number of hydrogen-bond donors (Lipinski definition) is 2. The van der Waals surface area contributed by atoms with E-state index in [0.29, 0.717) is 13.0 Å². The molecule has 0 aliphatic carbocycles. The van der Waals surface area contributed by atoms with Gasteiger partial charge in [-0.2, -0.15) is 5.10 Å². The van der Waals surface area contributed by atoms with E-state index < -0.39 is 0 Å². The summed E-state index contributed by atoms with van der Waals surface area (Å²) < 4.78 is 7.08. The van der Waals surface area contributed by atoms with Crippen molar-refractivity contribution in [1.29, 1.82) is 0 Å². The minimum Gasteiger partial charge on any atom is -0.468 e. The van der Waals surface area contributed by atoms with Crippen LogP contribution < -0.4 is 11.0 Å². The second kappa shape index (κ2) is 7.49. The number of furan rings is 1. The van der Waals surface area contributed by atoms with Crippen LogP contribution in [0.3, 0.4) is 0 Å². The summed E-state index contributed by atoms with van der Waals surface area (Å²) >= 11 is 0. The summed E-state index contributed by atoms with van der Waals surface area (Å²) in [4.78, 5) is 26.7. The Morgan fingerprint density at radius 2 is 2.12 bits per heavy atom. The number of nitrogens with zero attached hydrogens (tertiary/aromatic N) is 3. The van der Waals surface area contributed by atoms with Crippen molar-refractivity contribution in [3.8, 4) is 0 Å². The van der Waals surface area contributed by atoms with Crippen molar-refractivity contribution in [1.82, 2.24) is 25.0 Å².